The monoisotopic (exact) mass is 327 g/mol. The lowest BCUT2D eigenvalue weighted by molar-refractivity contribution is -0.116. The van der Waals surface area contributed by atoms with Gasteiger partial charge in [-0.2, -0.15) is 0 Å². The molecule has 126 valence electrons. The molecule has 1 heterocycles. The number of nitrogens with zero attached hydrogens (tertiary/aromatic N) is 1. The first-order valence-corrected chi connectivity index (χ1v) is 7.83. The van der Waals surface area contributed by atoms with Gasteiger partial charge < -0.3 is 15.4 Å². The quantitative estimate of drug-likeness (QED) is 0.757. The molecule has 1 amide bonds. The van der Waals surface area contributed by atoms with Crippen LogP contribution in [-0.4, -0.2) is 24.0 Å². The number of amides is 1. The Hall–Kier alpha value is -2.89. The van der Waals surface area contributed by atoms with Crippen LogP contribution in [0.5, 0.6) is 0 Å². The number of ether oxygens (including phenoxy) is 1. The Morgan fingerprint density at radius 1 is 1.17 bits per heavy atom. The topological polar surface area (TPSA) is 80.3 Å². The van der Waals surface area contributed by atoms with Crippen molar-refractivity contribution in [2.75, 3.05) is 17.7 Å². The summed E-state index contributed by atoms with van der Waals surface area (Å²) in [6.45, 7) is 2.05. The van der Waals surface area contributed by atoms with Crippen molar-refractivity contribution >= 4 is 29.1 Å². The highest BCUT2D eigenvalue weighted by Gasteiger charge is 2.06. The fourth-order valence-electron chi connectivity index (χ4n) is 2.09. The Balaban J connectivity index is 1.99. The summed E-state index contributed by atoms with van der Waals surface area (Å²) in [5, 5.41) is 5.92. The van der Waals surface area contributed by atoms with Crippen molar-refractivity contribution < 1.29 is 14.3 Å². The lowest BCUT2D eigenvalue weighted by Gasteiger charge is -2.08. The van der Waals surface area contributed by atoms with Crippen LogP contribution in [0.4, 0.5) is 17.2 Å². The van der Waals surface area contributed by atoms with Crippen LogP contribution >= 0.6 is 0 Å². The maximum Gasteiger partial charge on any atom is 0.337 e. The standard InChI is InChI=1S/C18H21N3O3/c1-3-4-8-17(22)21-15-9-10-16(19-12-15)20-14-7-5-6-13(11-14)18(23)24-2/h5-7,9-12H,3-4,8H2,1-2H3,(H,19,20)(H,21,22). The predicted molar refractivity (Wildman–Crippen MR) is 93.5 cm³/mol. The molecule has 2 N–H and O–H groups in total. The minimum atomic E-state index is -0.392. The van der Waals surface area contributed by atoms with E-state index >= 15 is 0 Å². The van der Waals surface area contributed by atoms with Crippen LogP contribution < -0.4 is 10.6 Å². The van der Waals surface area contributed by atoms with Crippen molar-refractivity contribution in [1.82, 2.24) is 4.98 Å². The lowest BCUT2D eigenvalue weighted by Crippen LogP contribution is -2.11. The third-order valence-electron chi connectivity index (χ3n) is 3.36. The molecule has 2 aromatic rings. The van der Waals surface area contributed by atoms with Crippen molar-refractivity contribution in [3.8, 4) is 0 Å². The first-order chi connectivity index (χ1) is 11.6. The van der Waals surface area contributed by atoms with Gasteiger partial charge in [-0.05, 0) is 36.8 Å². The Morgan fingerprint density at radius 3 is 2.67 bits per heavy atom. The summed E-state index contributed by atoms with van der Waals surface area (Å²) in [5.41, 5.74) is 1.84. The first-order valence-electron chi connectivity index (χ1n) is 7.83. The summed E-state index contributed by atoms with van der Waals surface area (Å²) in [5.74, 6) is 0.213. The number of aromatic nitrogens is 1. The van der Waals surface area contributed by atoms with E-state index in [4.69, 9.17) is 4.74 Å². The largest absolute Gasteiger partial charge is 0.465 e. The maximum atomic E-state index is 11.7. The number of rotatable bonds is 7. The summed E-state index contributed by atoms with van der Waals surface area (Å²) < 4.78 is 4.70. The molecule has 24 heavy (non-hydrogen) atoms. The van der Waals surface area contributed by atoms with Gasteiger partial charge in [0.2, 0.25) is 5.91 Å². The molecule has 0 aliphatic heterocycles. The van der Waals surface area contributed by atoms with Gasteiger partial charge in [-0.15, -0.1) is 0 Å². The van der Waals surface area contributed by atoms with E-state index in [1.807, 2.05) is 13.0 Å². The third-order valence-corrected chi connectivity index (χ3v) is 3.36. The number of carbonyl (C=O) groups is 2. The number of methoxy groups -OCH3 is 1. The van der Waals surface area contributed by atoms with Gasteiger partial charge in [0, 0.05) is 12.1 Å². The van der Waals surface area contributed by atoms with E-state index < -0.39 is 5.97 Å². The van der Waals surface area contributed by atoms with Crippen LogP contribution in [0.1, 0.15) is 36.5 Å². The minimum absolute atomic E-state index is 0.00913. The van der Waals surface area contributed by atoms with Crippen LogP contribution in [-0.2, 0) is 9.53 Å². The van der Waals surface area contributed by atoms with E-state index in [0.29, 0.717) is 23.5 Å². The van der Waals surface area contributed by atoms with Crippen LogP contribution in [0.3, 0.4) is 0 Å². The lowest BCUT2D eigenvalue weighted by atomic mass is 10.2. The second kappa shape index (κ2) is 8.67. The van der Waals surface area contributed by atoms with Crippen LogP contribution in [0.25, 0.3) is 0 Å². The van der Waals surface area contributed by atoms with Crippen molar-refractivity contribution in [2.45, 2.75) is 26.2 Å². The van der Waals surface area contributed by atoms with Gasteiger partial charge >= 0.3 is 5.97 Å². The van der Waals surface area contributed by atoms with Crippen molar-refractivity contribution in [2.24, 2.45) is 0 Å². The van der Waals surface area contributed by atoms with Crippen LogP contribution in [0.15, 0.2) is 42.6 Å². The molecule has 0 saturated heterocycles. The van der Waals surface area contributed by atoms with Gasteiger partial charge in [-0.1, -0.05) is 19.4 Å². The van der Waals surface area contributed by atoms with Gasteiger partial charge in [-0.25, -0.2) is 9.78 Å². The van der Waals surface area contributed by atoms with Gasteiger partial charge in [0.1, 0.15) is 5.82 Å². The third kappa shape index (κ3) is 5.08. The van der Waals surface area contributed by atoms with Gasteiger partial charge in [-0.3, -0.25) is 4.79 Å². The molecule has 0 atom stereocenters. The van der Waals surface area contributed by atoms with E-state index in [-0.39, 0.29) is 5.91 Å². The summed E-state index contributed by atoms with van der Waals surface area (Å²) in [6, 6.07) is 10.5. The summed E-state index contributed by atoms with van der Waals surface area (Å²) >= 11 is 0. The Labute approximate surface area is 141 Å². The molecule has 0 spiro atoms. The molecule has 6 nitrogen and oxygen atoms in total. The normalized spacial score (nSPS) is 10.1. The molecule has 0 saturated carbocycles. The minimum Gasteiger partial charge on any atom is -0.465 e. The average Bonchev–Trinajstić information content (AvgIpc) is 2.61. The zero-order valence-electron chi connectivity index (χ0n) is 13.8. The number of unbranched alkanes of at least 4 members (excludes halogenated alkanes) is 1. The first kappa shape index (κ1) is 17.5. The second-order valence-electron chi connectivity index (χ2n) is 5.28. The molecule has 0 aliphatic carbocycles. The van der Waals surface area contributed by atoms with Gasteiger partial charge in [0.15, 0.2) is 0 Å². The SMILES string of the molecule is CCCCC(=O)Nc1ccc(Nc2cccc(C(=O)OC)c2)nc1. The second-order valence-corrected chi connectivity index (χ2v) is 5.28. The molecule has 1 aromatic heterocycles. The maximum absolute atomic E-state index is 11.7. The molecule has 0 unspecified atom stereocenters. The number of hydrogen-bond acceptors (Lipinski definition) is 5. The molecule has 2 rings (SSSR count). The molecular formula is C18H21N3O3. The molecular weight excluding hydrogens is 306 g/mol. The predicted octanol–water partition coefficient (Wildman–Crippen LogP) is 3.74. The van der Waals surface area contributed by atoms with E-state index in [9.17, 15) is 9.59 Å². The molecule has 0 fully saturated rings. The van der Waals surface area contributed by atoms with E-state index in [1.54, 1.807) is 36.5 Å². The van der Waals surface area contributed by atoms with E-state index in [2.05, 4.69) is 15.6 Å². The molecule has 0 aliphatic rings. The molecule has 0 radical (unpaired) electrons. The highest BCUT2D eigenvalue weighted by molar-refractivity contribution is 5.91. The van der Waals surface area contributed by atoms with Crippen LogP contribution in [0.2, 0.25) is 0 Å². The number of nitrogens with one attached hydrogen (secondary N) is 2. The summed E-state index contributed by atoms with van der Waals surface area (Å²) in [6.07, 6.45) is 3.96. The van der Waals surface area contributed by atoms with Gasteiger partial charge in [0.05, 0.1) is 24.6 Å². The van der Waals surface area contributed by atoms with Crippen molar-refractivity contribution in [3.63, 3.8) is 0 Å². The number of pyridine rings is 1. The number of esters is 1. The molecule has 6 heteroatoms. The molecule has 1 aromatic carbocycles. The highest BCUT2D eigenvalue weighted by Crippen LogP contribution is 2.18. The zero-order chi connectivity index (χ0) is 17.4. The smallest absolute Gasteiger partial charge is 0.337 e. The summed E-state index contributed by atoms with van der Waals surface area (Å²) in [4.78, 5) is 27.5. The summed E-state index contributed by atoms with van der Waals surface area (Å²) in [7, 11) is 1.34. The number of hydrogen-bond donors (Lipinski definition) is 2. The van der Waals surface area contributed by atoms with Crippen molar-refractivity contribution in [3.05, 3.63) is 48.2 Å². The fourth-order valence-corrected chi connectivity index (χ4v) is 2.09. The highest BCUT2D eigenvalue weighted by atomic mass is 16.5. The van der Waals surface area contributed by atoms with Crippen LogP contribution in [0, 0.1) is 0 Å². The molecule has 0 bridgehead atoms. The Kier molecular flexibility index (Phi) is 6.31. The zero-order valence-corrected chi connectivity index (χ0v) is 13.8. The van der Waals surface area contributed by atoms with Gasteiger partial charge in [0.25, 0.3) is 0 Å². The van der Waals surface area contributed by atoms with E-state index in [0.717, 1.165) is 18.5 Å². The Morgan fingerprint density at radius 2 is 2.00 bits per heavy atom. The fraction of sp³-hybridized carbons (Fsp3) is 0.278. The number of anilines is 3. The van der Waals surface area contributed by atoms with Crippen molar-refractivity contribution in [1.29, 1.82) is 0 Å². The number of carbonyl (C=O) groups excluding carboxylic acids is 2. The van der Waals surface area contributed by atoms with E-state index in [1.165, 1.54) is 7.11 Å². The Bertz CT molecular complexity index is 699. The number of benzene rings is 1. The average molecular weight is 327 g/mol.